The minimum absolute atomic E-state index is 0.167. The van der Waals surface area contributed by atoms with Crippen molar-refractivity contribution < 1.29 is 9.84 Å². The van der Waals surface area contributed by atoms with E-state index in [2.05, 4.69) is 41.4 Å². The van der Waals surface area contributed by atoms with Crippen molar-refractivity contribution in [3.8, 4) is 0 Å². The Morgan fingerprint density at radius 1 is 1.27 bits per heavy atom. The fourth-order valence-corrected chi connectivity index (χ4v) is 3.94. The Bertz CT molecular complexity index is 564. The van der Waals surface area contributed by atoms with E-state index >= 15 is 0 Å². The standard InChI is InChI=1S/C21H33N3O2/c1-2-22-21(23-13-19-9-6-10-20(19)25)24-12-11-18(14-24)16-26-15-17-7-4-3-5-8-17/h3-5,7-8,18-20,25H,2,6,9-16H2,1H3,(H,22,23). The topological polar surface area (TPSA) is 57.1 Å². The number of hydrogen-bond donors (Lipinski definition) is 2. The average molecular weight is 360 g/mol. The SMILES string of the molecule is CCNC(=NCC1CCCC1O)N1CCC(COCc2ccccc2)C1. The molecule has 2 fully saturated rings. The van der Waals surface area contributed by atoms with Gasteiger partial charge < -0.3 is 20.1 Å². The molecule has 5 heteroatoms. The first kappa shape index (κ1) is 19.2. The largest absolute Gasteiger partial charge is 0.393 e. The van der Waals surface area contributed by atoms with Gasteiger partial charge in [0, 0.05) is 38.0 Å². The van der Waals surface area contributed by atoms with E-state index in [-0.39, 0.29) is 6.10 Å². The van der Waals surface area contributed by atoms with Gasteiger partial charge in [0.25, 0.3) is 0 Å². The van der Waals surface area contributed by atoms with Crippen LogP contribution in [0, 0.1) is 11.8 Å². The predicted octanol–water partition coefficient (Wildman–Crippen LogP) is 2.65. The number of aliphatic hydroxyl groups is 1. The summed E-state index contributed by atoms with van der Waals surface area (Å²) < 4.78 is 5.93. The fourth-order valence-electron chi connectivity index (χ4n) is 3.94. The van der Waals surface area contributed by atoms with E-state index in [9.17, 15) is 5.11 Å². The first-order chi connectivity index (χ1) is 12.8. The van der Waals surface area contributed by atoms with Crippen LogP contribution in [0.15, 0.2) is 35.3 Å². The molecule has 1 saturated carbocycles. The molecule has 1 aromatic rings. The maximum absolute atomic E-state index is 10.0. The number of nitrogens with zero attached hydrogens (tertiary/aromatic N) is 2. The quantitative estimate of drug-likeness (QED) is 0.580. The molecule has 0 amide bonds. The number of aliphatic hydroxyl groups excluding tert-OH is 1. The number of nitrogens with one attached hydrogen (secondary N) is 1. The van der Waals surface area contributed by atoms with E-state index in [4.69, 9.17) is 9.73 Å². The zero-order chi connectivity index (χ0) is 18.2. The van der Waals surface area contributed by atoms with E-state index in [1.807, 2.05) is 6.07 Å². The van der Waals surface area contributed by atoms with Crippen LogP contribution >= 0.6 is 0 Å². The van der Waals surface area contributed by atoms with Gasteiger partial charge in [-0.05, 0) is 31.7 Å². The second-order valence-electron chi connectivity index (χ2n) is 7.55. The maximum atomic E-state index is 10.0. The van der Waals surface area contributed by atoms with E-state index in [0.717, 1.165) is 64.4 Å². The van der Waals surface area contributed by atoms with E-state index in [1.165, 1.54) is 5.56 Å². The summed E-state index contributed by atoms with van der Waals surface area (Å²) in [5.74, 6) is 1.88. The highest BCUT2D eigenvalue weighted by atomic mass is 16.5. The second kappa shape index (κ2) is 9.93. The zero-order valence-electron chi connectivity index (χ0n) is 15.9. The highest BCUT2D eigenvalue weighted by Gasteiger charge is 2.27. The smallest absolute Gasteiger partial charge is 0.193 e. The van der Waals surface area contributed by atoms with Crippen molar-refractivity contribution >= 4 is 5.96 Å². The van der Waals surface area contributed by atoms with Crippen molar-refractivity contribution in [1.29, 1.82) is 0 Å². The number of benzene rings is 1. The molecule has 3 unspecified atom stereocenters. The number of aliphatic imine (C=N–C) groups is 1. The maximum Gasteiger partial charge on any atom is 0.193 e. The Kier molecular flexibility index (Phi) is 7.32. The number of guanidine groups is 1. The molecule has 144 valence electrons. The van der Waals surface area contributed by atoms with Gasteiger partial charge in [0.05, 0.1) is 19.3 Å². The van der Waals surface area contributed by atoms with Crippen LogP contribution in [-0.2, 0) is 11.3 Å². The molecule has 3 atom stereocenters. The molecule has 0 radical (unpaired) electrons. The molecule has 2 aliphatic rings. The van der Waals surface area contributed by atoms with Crippen LogP contribution in [0.25, 0.3) is 0 Å². The summed E-state index contributed by atoms with van der Waals surface area (Å²) in [6.07, 6.45) is 4.13. The lowest BCUT2D eigenvalue weighted by Gasteiger charge is -2.22. The molecule has 1 heterocycles. The lowest BCUT2D eigenvalue weighted by molar-refractivity contribution is 0.0906. The molecule has 1 saturated heterocycles. The molecule has 5 nitrogen and oxygen atoms in total. The van der Waals surface area contributed by atoms with Crippen molar-refractivity contribution in [1.82, 2.24) is 10.2 Å². The molecular formula is C21H33N3O2. The van der Waals surface area contributed by atoms with Gasteiger partial charge in [-0.25, -0.2) is 0 Å². The summed E-state index contributed by atoms with van der Waals surface area (Å²) in [5.41, 5.74) is 1.23. The first-order valence-corrected chi connectivity index (χ1v) is 10.1. The zero-order valence-corrected chi connectivity index (χ0v) is 15.9. The summed E-state index contributed by atoms with van der Waals surface area (Å²) in [7, 11) is 0. The number of rotatable bonds is 7. The van der Waals surface area contributed by atoms with Crippen molar-refractivity contribution in [2.24, 2.45) is 16.8 Å². The molecule has 1 aromatic carbocycles. The molecule has 1 aliphatic carbocycles. The molecule has 2 N–H and O–H groups in total. The van der Waals surface area contributed by atoms with Crippen LogP contribution in [0.3, 0.4) is 0 Å². The molecule has 0 bridgehead atoms. The Morgan fingerprint density at radius 3 is 2.85 bits per heavy atom. The van der Waals surface area contributed by atoms with Crippen LogP contribution in [-0.4, -0.2) is 54.9 Å². The van der Waals surface area contributed by atoms with E-state index in [1.54, 1.807) is 0 Å². The number of hydrogen-bond acceptors (Lipinski definition) is 3. The molecule has 0 spiro atoms. The van der Waals surface area contributed by atoms with E-state index < -0.39 is 0 Å². The summed E-state index contributed by atoms with van der Waals surface area (Å²) in [6.45, 7) is 7.22. The second-order valence-corrected chi connectivity index (χ2v) is 7.55. The highest BCUT2D eigenvalue weighted by molar-refractivity contribution is 5.80. The van der Waals surface area contributed by atoms with Gasteiger partial charge in [-0.2, -0.15) is 0 Å². The third-order valence-corrected chi connectivity index (χ3v) is 5.48. The van der Waals surface area contributed by atoms with Gasteiger partial charge >= 0.3 is 0 Å². The van der Waals surface area contributed by atoms with Gasteiger partial charge in [-0.1, -0.05) is 36.8 Å². The normalized spacial score (nSPS) is 26.5. The number of likely N-dealkylation sites (tertiary alicyclic amines) is 1. The Hall–Kier alpha value is -1.59. The van der Waals surface area contributed by atoms with Crippen molar-refractivity contribution in [3.63, 3.8) is 0 Å². The highest BCUT2D eigenvalue weighted by Crippen LogP contribution is 2.26. The lowest BCUT2D eigenvalue weighted by Crippen LogP contribution is -2.40. The predicted molar refractivity (Wildman–Crippen MR) is 105 cm³/mol. The van der Waals surface area contributed by atoms with Crippen molar-refractivity contribution in [2.75, 3.05) is 32.8 Å². The van der Waals surface area contributed by atoms with Crippen LogP contribution in [0.5, 0.6) is 0 Å². The van der Waals surface area contributed by atoms with Gasteiger partial charge in [0.2, 0.25) is 0 Å². The average Bonchev–Trinajstić information content (AvgIpc) is 3.29. The van der Waals surface area contributed by atoms with Crippen molar-refractivity contribution in [2.45, 2.75) is 45.3 Å². The summed E-state index contributed by atoms with van der Waals surface area (Å²) >= 11 is 0. The Morgan fingerprint density at radius 2 is 2.12 bits per heavy atom. The van der Waals surface area contributed by atoms with Crippen LogP contribution in [0.4, 0.5) is 0 Å². The van der Waals surface area contributed by atoms with Crippen molar-refractivity contribution in [3.05, 3.63) is 35.9 Å². The Labute approximate surface area is 157 Å². The van der Waals surface area contributed by atoms with E-state index in [0.29, 0.717) is 18.4 Å². The molecule has 1 aliphatic heterocycles. The first-order valence-electron chi connectivity index (χ1n) is 10.1. The molecular weight excluding hydrogens is 326 g/mol. The summed E-state index contributed by atoms with van der Waals surface area (Å²) in [4.78, 5) is 7.17. The lowest BCUT2D eigenvalue weighted by atomic mass is 10.1. The third kappa shape index (κ3) is 5.45. The minimum atomic E-state index is -0.167. The van der Waals surface area contributed by atoms with Gasteiger partial charge in [0.15, 0.2) is 5.96 Å². The Balaban J connectivity index is 1.45. The monoisotopic (exact) mass is 359 g/mol. The van der Waals surface area contributed by atoms with Gasteiger partial charge in [-0.3, -0.25) is 4.99 Å². The minimum Gasteiger partial charge on any atom is -0.393 e. The van der Waals surface area contributed by atoms with Crippen LogP contribution in [0.1, 0.15) is 38.2 Å². The molecule has 0 aromatic heterocycles. The molecule has 26 heavy (non-hydrogen) atoms. The fraction of sp³-hybridized carbons (Fsp3) is 0.667. The number of ether oxygens (including phenoxy) is 1. The summed E-state index contributed by atoms with van der Waals surface area (Å²) in [5, 5.41) is 13.4. The van der Waals surface area contributed by atoms with Crippen LogP contribution in [0.2, 0.25) is 0 Å². The van der Waals surface area contributed by atoms with Crippen LogP contribution < -0.4 is 5.32 Å². The molecule has 3 rings (SSSR count). The van der Waals surface area contributed by atoms with Gasteiger partial charge in [-0.15, -0.1) is 0 Å². The summed E-state index contributed by atoms with van der Waals surface area (Å²) in [6, 6.07) is 10.3. The third-order valence-electron chi connectivity index (χ3n) is 5.48. The van der Waals surface area contributed by atoms with Gasteiger partial charge in [0.1, 0.15) is 0 Å².